The molecule has 1 saturated heterocycles. The van der Waals surface area contributed by atoms with Crippen LogP contribution in [0.5, 0.6) is 5.75 Å². The van der Waals surface area contributed by atoms with E-state index in [0.29, 0.717) is 17.0 Å². The van der Waals surface area contributed by atoms with E-state index in [1.54, 1.807) is 13.2 Å². The third kappa shape index (κ3) is 3.75. The van der Waals surface area contributed by atoms with Crippen molar-refractivity contribution in [3.63, 3.8) is 0 Å². The highest BCUT2D eigenvalue weighted by Crippen LogP contribution is 2.27. The maximum absolute atomic E-state index is 12.0. The first-order valence-electron chi connectivity index (χ1n) is 7.80. The summed E-state index contributed by atoms with van der Waals surface area (Å²) in [6.07, 6.45) is 3.98. The molecule has 0 bridgehead atoms. The molecular formula is C17H20BrN3O2. The highest BCUT2D eigenvalue weighted by Gasteiger charge is 2.23. The fourth-order valence-corrected chi connectivity index (χ4v) is 3.48. The number of halogens is 1. The fourth-order valence-electron chi connectivity index (χ4n) is 2.87. The molecule has 1 aliphatic rings. The maximum Gasteiger partial charge on any atom is 0.282 e. The highest BCUT2D eigenvalue weighted by molar-refractivity contribution is 9.10. The number of nitrogens with zero attached hydrogens (tertiary/aromatic N) is 3. The van der Waals surface area contributed by atoms with Crippen LogP contribution in [0.1, 0.15) is 12.8 Å². The lowest BCUT2D eigenvalue weighted by Crippen LogP contribution is -2.39. The summed E-state index contributed by atoms with van der Waals surface area (Å²) in [6, 6.07) is 9.88. The standard InChI is InChI=1S/C17H20BrN3O2/c1-20-17(22)16(18)15(10-19-20)21-9-5-6-13(11-21)12-23-14-7-3-2-4-8-14/h2-4,7-8,10,13H,5-6,9,11-12H2,1H3. The van der Waals surface area contributed by atoms with Crippen LogP contribution in [0.15, 0.2) is 45.8 Å². The minimum atomic E-state index is -0.106. The molecule has 3 rings (SSSR count). The number of hydrogen-bond donors (Lipinski definition) is 0. The van der Waals surface area contributed by atoms with Crippen molar-refractivity contribution in [1.29, 1.82) is 0 Å². The molecule has 5 nitrogen and oxygen atoms in total. The normalized spacial score (nSPS) is 18.0. The summed E-state index contributed by atoms with van der Waals surface area (Å²) in [6.45, 7) is 2.51. The Bertz CT molecular complexity index is 718. The first-order chi connectivity index (χ1) is 11.1. The molecule has 0 N–H and O–H groups in total. The van der Waals surface area contributed by atoms with Gasteiger partial charge in [0.1, 0.15) is 10.2 Å². The molecule has 1 aromatic heterocycles. The molecule has 0 radical (unpaired) electrons. The lowest BCUT2D eigenvalue weighted by molar-refractivity contribution is 0.228. The Morgan fingerprint density at radius 2 is 2.13 bits per heavy atom. The van der Waals surface area contributed by atoms with Gasteiger partial charge >= 0.3 is 0 Å². The molecule has 0 aliphatic carbocycles. The van der Waals surface area contributed by atoms with Crippen molar-refractivity contribution in [2.24, 2.45) is 13.0 Å². The first-order valence-corrected chi connectivity index (χ1v) is 8.59. The molecule has 2 heterocycles. The molecule has 0 saturated carbocycles. The second-order valence-electron chi connectivity index (χ2n) is 5.85. The number of para-hydroxylation sites is 1. The number of aromatic nitrogens is 2. The van der Waals surface area contributed by atoms with E-state index in [-0.39, 0.29) is 5.56 Å². The molecule has 6 heteroatoms. The molecular weight excluding hydrogens is 358 g/mol. The molecule has 1 atom stereocenters. The van der Waals surface area contributed by atoms with Crippen LogP contribution in [0.25, 0.3) is 0 Å². The van der Waals surface area contributed by atoms with E-state index in [1.807, 2.05) is 30.3 Å². The van der Waals surface area contributed by atoms with Gasteiger partial charge < -0.3 is 9.64 Å². The lowest BCUT2D eigenvalue weighted by atomic mass is 9.98. The first kappa shape index (κ1) is 16.1. The van der Waals surface area contributed by atoms with Crippen molar-refractivity contribution in [1.82, 2.24) is 9.78 Å². The van der Waals surface area contributed by atoms with Gasteiger partial charge in [0.25, 0.3) is 5.56 Å². The molecule has 122 valence electrons. The van der Waals surface area contributed by atoms with Crippen LogP contribution in [0.3, 0.4) is 0 Å². The van der Waals surface area contributed by atoms with Crippen LogP contribution in [0, 0.1) is 5.92 Å². The van der Waals surface area contributed by atoms with Gasteiger partial charge in [-0.25, -0.2) is 4.68 Å². The van der Waals surface area contributed by atoms with Crippen LogP contribution in [-0.4, -0.2) is 29.5 Å². The average molecular weight is 378 g/mol. The van der Waals surface area contributed by atoms with E-state index in [0.717, 1.165) is 37.4 Å². The zero-order valence-corrected chi connectivity index (χ0v) is 14.7. The van der Waals surface area contributed by atoms with Crippen LogP contribution in [0.2, 0.25) is 0 Å². The van der Waals surface area contributed by atoms with Crippen LogP contribution >= 0.6 is 15.9 Å². The van der Waals surface area contributed by atoms with Crippen molar-refractivity contribution in [2.75, 3.05) is 24.6 Å². The summed E-state index contributed by atoms with van der Waals surface area (Å²) >= 11 is 3.42. The van der Waals surface area contributed by atoms with E-state index in [1.165, 1.54) is 4.68 Å². The molecule has 23 heavy (non-hydrogen) atoms. The Morgan fingerprint density at radius 1 is 1.35 bits per heavy atom. The van der Waals surface area contributed by atoms with Gasteiger partial charge in [0.15, 0.2) is 0 Å². The Balaban J connectivity index is 1.67. The number of rotatable bonds is 4. The zero-order chi connectivity index (χ0) is 16.2. The Labute approximate surface area is 144 Å². The van der Waals surface area contributed by atoms with Crippen molar-refractivity contribution in [2.45, 2.75) is 12.8 Å². The second kappa shape index (κ2) is 7.17. The average Bonchev–Trinajstić information content (AvgIpc) is 2.59. The lowest BCUT2D eigenvalue weighted by Gasteiger charge is -2.34. The molecule has 2 aromatic rings. The number of piperidine rings is 1. The highest BCUT2D eigenvalue weighted by atomic mass is 79.9. The van der Waals surface area contributed by atoms with Crippen LogP contribution < -0.4 is 15.2 Å². The van der Waals surface area contributed by atoms with Gasteiger partial charge in [-0.05, 0) is 40.9 Å². The largest absolute Gasteiger partial charge is 0.493 e. The summed E-state index contributed by atoms with van der Waals surface area (Å²) in [4.78, 5) is 14.2. The predicted molar refractivity (Wildman–Crippen MR) is 94.1 cm³/mol. The monoisotopic (exact) mass is 377 g/mol. The summed E-state index contributed by atoms with van der Waals surface area (Å²) in [5, 5.41) is 4.13. The topological polar surface area (TPSA) is 47.4 Å². The van der Waals surface area contributed by atoms with E-state index in [9.17, 15) is 4.79 Å². The Hall–Kier alpha value is -1.82. The zero-order valence-electron chi connectivity index (χ0n) is 13.1. The SMILES string of the molecule is Cn1ncc(N2CCCC(COc3ccccc3)C2)c(Br)c1=O. The van der Waals surface area contributed by atoms with E-state index in [2.05, 4.69) is 25.9 Å². The van der Waals surface area contributed by atoms with Crippen molar-refractivity contribution in [3.8, 4) is 5.75 Å². The number of benzene rings is 1. The fraction of sp³-hybridized carbons (Fsp3) is 0.412. The van der Waals surface area contributed by atoms with Gasteiger partial charge in [-0.3, -0.25) is 4.79 Å². The predicted octanol–water partition coefficient (Wildman–Crippen LogP) is 2.84. The van der Waals surface area contributed by atoms with E-state index < -0.39 is 0 Å². The van der Waals surface area contributed by atoms with Crippen molar-refractivity contribution < 1.29 is 4.74 Å². The maximum atomic E-state index is 12.0. The van der Waals surface area contributed by atoms with Gasteiger partial charge in [0.05, 0.1) is 18.5 Å². The van der Waals surface area contributed by atoms with Gasteiger partial charge in [-0.1, -0.05) is 18.2 Å². The Morgan fingerprint density at radius 3 is 2.91 bits per heavy atom. The van der Waals surface area contributed by atoms with Gasteiger partial charge in [0, 0.05) is 26.1 Å². The summed E-state index contributed by atoms with van der Waals surface area (Å²) in [7, 11) is 1.66. The third-order valence-corrected chi connectivity index (χ3v) is 4.89. The molecule has 1 fully saturated rings. The summed E-state index contributed by atoms with van der Waals surface area (Å²) in [5.74, 6) is 1.35. The van der Waals surface area contributed by atoms with Gasteiger partial charge in [0.2, 0.25) is 0 Å². The molecule has 1 aromatic carbocycles. The summed E-state index contributed by atoms with van der Waals surface area (Å²) in [5.41, 5.74) is 0.766. The van der Waals surface area contributed by atoms with E-state index in [4.69, 9.17) is 4.74 Å². The minimum absolute atomic E-state index is 0.106. The Kier molecular flexibility index (Phi) is 5.00. The van der Waals surface area contributed by atoms with Crippen LogP contribution in [-0.2, 0) is 7.05 Å². The second-order valence-corrected chi connectivity index (χ2v) is 6.64. The van der Waals surface area contributed by atoms with Crippen LogP contribution in [0.4, 0.5) is 5.69 Å². The number of hydrogen-bond acceptors (Lipinski definition) is 4. The van der Waals surface area contributed by atoms with Crippen molar-refractivity contribution >= 4 is 21.6 Å². The molecule has 0 amide bonds. The van der Waals surface area contributed by atoms with E-state index >= 15 is 0 Å². The third-order valence-electron chi connectivity index (χ3n) is 4.15. The van der Waals surface area contributed by atoms with Gasteiger partial charge in [-0.2, -0.15) is 5.10 Å². The number of anilines is 1. The minimum Gasteiger partial charge on any atom is -0.493 e. The molecule has 0 spiro atoms. The quantitative estimate of drug-likeness (QED) is 0.821. The van der Waals surface area contributed by atoms with Crippen molar-refractivity contribution in [3.05, 3.63) is 51.4 Å². The molecule has 1 unspecified atom stereocenters. The summed E-state index contributed by atoms with van der Waals surface area (Å²) < 4.78 is 7.81. The molecule has 1 aliphatic heterocycles. The number of aryl methyl sites for hydroxylation is 1. The number of ether oxygens (including phenoxy) is 1. The smallest absolute Gasteiger partial charge is 0.282 e. The van der Waals surface area contributed by atoms with Gasteiger partial charge in [-0.15, -0.1) is 0 Å².